The van der Waals surface area contributed by atoms with Crippen LogP contribution in [0.2, 0.25) is 0 Å². The molecule has 0 aliphatic carbocycles. The molecule has 4 nitrogen and oxygen atoms in total. The number of piperazine rings is 1. The molecule has 7 heteroatoms. The van der Waals surface area contributed by atoms with Gasteiger partial charge < -0.3 is 9.88 Å². The Bertz CT molecular complexity index is 816. The van der Waals surface area contributed by atoms with Crippen LogP contribution in [0, 0.1) is 5.82 Å². The standard InChI is InChI=1S/C20H21FN4.2ClH/c21-17-6-8-19(9-7-17)25-12-10-24(11-13-25)15-18-14-22-20(23-18)16-4-2-1-3-5-16;;/h1-9,14H,10-13,15H2,(H,22,23);2*1H. The summed E-state index contributed by atoms with van der Waals surface area (Å²) in [6.07, 6.45) is 1.93. The van der Waals surface area contributed by atoms with E-state index in [0.29, 0.717) is 0 Å². The van der Waals surface area contributed by atoms with E-state index in [9.17, 15) is 4.39 Å². The number of hydrogen-bond donors (Lipinski definition) is 1. The van der Waals surface area contributed by atoms with Crippen LogP contribution >= 0.6 is 24.8 Å². The van der Waals surface area contributed by atoms with Crippen molar-refractivity contribution in [1.82, 2.24) is 14.9 Å². The lowest BCUT2D eigenvalue weighted by Crippen LogP contribution is -2.46. The molecule has 1 fully saturated rings. The molecule has 1 aromatic heterocycles. The van der Waals surface area contributed by atoms with E-state index in [2.05, 4.69) is 31.9 Å². The topological polar surface area (TPSA) is 35.2 Å². The predicted octanol–water partition coefficient (Wildman–Crippen LogP) is 4.38. The quantitative estimate of drug-likeness (QED) is 0.695. The molecule has 0 atom stereocenters. The van der Waals surface area contributed by atoms with Gasteiger partial charge in [0.15, 0.2) is 0 Å². The van der Waals surface area contributed by atoms with Crippen molar-refractivity contribution in [2.75, 3.05) is 31.1 Å². The SMILES string of the molecule is Cl.Cl.Fc1ccc(N2CCN(Cc3cnc(-c4ccccc4)[nH]3)CC2)cc1. The molecule has 0 spiro atoms. The van der Waals surface area contributed by atoms with Gasteiger partial charge in [0.2, 0.25) is 0 Å². The highest BCUT2D eigenvalue weighted by molar-refractivity contribution is 5.85. The maximum Gasteiger partial charge on any atom is 0.137 e. The summed E-state index contributed by atoms with van der Waals surface area (Å²) in [5, 5.41) is 0. The first-order chi connectivity index (χ1) is 12.3. The van der Waals surface area contributed by atoms with Gasteiger partial charge in [0.1, 0.15) is 11.6 Å². The summed E-state index contributed by atoms with van der Waals surface area (Å²) in [5.41, 5.74) is 3.33. The van der Waals surface area contributed by atoms with Crippen LogP contribution in [0.5, 0.6) is 0 Å². The van der Waals surface area contributed by atoms with Gasteiger partial charge in [-0.25, -0.2) is 9.37 Å². The molecule has 1 aliphatic rings. The third-order valence-electron chi connectivity index (χ3n) is 4.63. The molecule has 0 unspecified atom stereocenters. The molecule has 1 N–H and O–H groups in total. The Balaban J connectivity index is 0.00000131. The van der Waals surface area contributed by atoms with E-state index in [1.165, 1.54) is 12.1 Å². The van der Waals surface area contributed by atoms with E-state index in [-0.39, 0.29) is 30.6 Å². The fourth-order valence-electron chi connectivity index (χ4n) is 3.24. The molecule has 0 bridgehead atoms. The lowest BCUT2D eigenvalue weighted by molar-refractivity contribution is 0.247. The lowest BCUT2D eigenvalue weighted by Gasteiger charge is -2.35. The summed E-state index contributed by atoms with van der Waals surface area (Å²) in [4.78, 5) is 12.6. The van der Waals surface area contributed by atoms with Crippen LogP contribution in [-0.4, -0.2) is 41.0 Å². The molecule has 4 rings (SSSR count). The molecule has 0 radical (unpaired) electrons. The van der Waals surface area contributed by atoms with Gasteiger partial charge in [0.25, 0.3) is 0 Å². The van der Waals surface area contributed by atoms with Crippen molar-refractivity contribution in [1.29, 1.82) is 0 Å². The van der Waals surface area contributed by atoms with Crippen molar-refractivity contribution in [3.8, 4) is 11.4 Å². The number of rotatable bonds is 4. The first kappa shape index (κ1) is 21.2. The Kier molecular flexibility index (Phi) is 7.66. The Labute approximate surface area is 171 Å². The van der Waals surface area contributed by atoms with Crippen LogP contribution in [0.4, 0.5) is 10.1 Å². The predicted molar refractivity (Wildman–Crippen MR) is 112 cm³/mol. The third kappa shape index (κ3) is 5.22. The fraction of sp³-hybridized carbons (Fsp3) is 0.250. The number of anilines is 1. The Morgan fingerprint density at radius 2 is 1.56 bits per heavy atom. The van der Waals surface area contributed by atoms with E-state index in [0.717, 1.165) is 55.5 Å². The van der Waals surface area contributed by atoms with Crippen molar-refractivity contribution in [2.45, 2.75) is 6.54 Å². The minimum atomic E-state index is -0.184. The summed E-state index contributed by atoms with van der Waals surface area (Å²) >= 11 is 0. The van der Waals surface area contributed by atoms with Crippen LogP contribution in [-0.2, 0) is 6.54 Å². The summed E-state index contributed by atoms with van der Waals surface area (Å²) in [6.45, 7) is 4.74. The molecule has 1 aliphatic heterocycles. The Hall–Kier alpha value is -2.08. The largest absolute Gasteiger partial charge is 0.369 e. The number of halogens is 3. The van der Waals surface area contributed by atoms with Crippen molar-refractivity contribution in [2.24, 2.45) is 0 Å². The average molecular weight is 409 g/mol. The maximum absolute atomic E-state index is 13.0. The van der Waals surface area contributed by atoms with Gasteiger partial charge in [0, 0.05) is 55.9 Å². The summed E-state index contributed by atoms with van der Waals surface area (Å²) in [7, 11) is 0. The fourth-order valence-corrected chi connectivity index (χ4v) is 3.24. The van der Waals surface area contributed by atoms with Crippen LogP contribution in [0.3, 0.4) is 0 Å². The van der Waals surface area contributed by atoms with Crippen molar-refractivity contribution in [3.63, 3.8) is 0 Å². The second-order valence-electron chi connectivity index (χ2n) is 6.36. The van der Waals surface area contributed by atoms with Crippen LogP contribution in [0.1, 0.15) is 5.69 Å². The molecule has 144 valence electrons. The molecule has 2 aromatic carbocycles. The molecule has 1 saturated heterocycles. The average Bonchev–Trinajstić information content (AvgIpc) is 3.12. The Morgan fingerprint density at radius 3 is 2.22 bits per heavy atom. The minimum Gasteiger partial charge on any atom is -0.369 e. The summed E-state index contributed by atoms with van der Waals surface area (Å²) in [5.74, 6) is 0.733. The molecular formula is C20H23Cl2FN4. The summed E-state index contributed by atoms with van der Waals surface area (Å²) in [6, 6.07) is 16.9. The minimum absolute atomic E-state index is 0. The zero-order chi connectivity index (χ0) is 17.1. The maximum atomic E-state index is 13.0. The van der Waals surface area contributed by atoms with E-state index >= 15 is 0 Å². The van der Waals surface area contributed by atoms with Gasteiger partial charge in [0.05, 0.1) is 0 Å². The smallest absolute Gasteiger partial charge is 0.137 e. The number of nitrogens with one attached hydrogen (secondary N) is 1. The van der Waals surface area contributed by atoms with Gasteiger partial charge in [-0.05, 0) is 24.3 Å². The van der Waals surface area contributed by atoms with Crippen molar-refractivity contribution in [3.05, 3.63) is 72.3 Å². The van der Waals surface area contributed by atoms with Gasteiger partial charge in [-0.1, -0.05) is 30.3 Å². The number of aromatic nitrogens is 2. The van der Waals surface area contributed by atoms with E-state index < -0.39 is 0 Å². The molecule has 27 heavy (non-hydrogen) atoms. The number of imidazole rings is 1. The normalized spacial score (nSPS) is 14.3. The van der Waals surface area contributed by atoms with Crippen LogP contribution in [0.15, 0.2) is 60.8 Å². The van der Waals surface area contributed by atoms with Crippen molar-refractivity contribution < 1.29 is 4.39 Å². The first-order valence-corrected chi connectivity index (χ1v) is 8.60. The second kappa shape index (κ2) is 9.74. The number of hydrogen-bond acceptors (Lipinski definition) is 3. The zero-order valence-corrected chi connectivity index (χ0v) is 16.5. The highest BCUT2D eigenvalue weighted by Gasteiger charge is 2.18. The van der Waals surface area contributed by atoms with Crippen LogP contribution in [0.25, 0.3) is 11.4 Å². The molecular weight excluding hydrogens is 386 g/mol. The highest BCUT2D eigenvalue weighted by atomic mass is 35.5. The van der Waals surface area contributed by atoms with Gasteiger partial charge in [-0.3, -0.25) is 4.90 Å². The number of benzene rings is 2. The third-order valence-corrected chi connectivity index (χ3v) is 4.63. The van der Waals surface area contributed by atoms with E-state index in [1.54, 1.807) is 0 Å². The lowest BCUT2D eigenvalue weighted by atomic mass is 10.2. The van der Waals surface area contributed by atoms with E-state index in [4.69, 9.17) is 0 Å². The number of H-pyrrole nitrogens is 1. The first-order valence-electron chi connectivity index (χ1n) is 8.60. The summed E-state index contributed by atoms with van der Waals surface area (Å²) < 4.78 is 13.0. The molecule has 3 aromatic rings. The van der Waals surface area contributed by atoms with Gasteiger partial charge >= 0.3 is 0 Å². The van der Waals surface area contributed by atoms with Gasteiger partial charge in [-0.2, -0.15) is 0 Å². The highest BCUT2D eigenvalue weighted by Crippen LogP contribution is 2.19. The number of nitrogens with zero attached hydrogens (tertiary/aromatic N) is 3. The molecule has 2 heterocycles. The molecule has 0 amide bonds. The monoisotopic (exact) mass is 408 g/mol. The van der Waals surface area contributed by atoms with E-state index in [1.807, 2.05) is 36.5 Å². The second-order valence-corrected chi connectivity index (χ2v) is 6.36. The Morgan fingerprint density at radius 1 is 0.889 bits per heavy atom. The number of aromatic amines is 1. The van der Waals surface area contributed by atoms with Gasteiger partial charge in [-0.15, -0.1) is 24.8 Å². The molecule has 0 saturated carbocycles. The zero-order valence-electron chi connectivity index (χ0n) is 14.8. The van der Waals surface area contributed by atoms with Crippen LogP contribution < -0.4 is 4.90 Å². The van der Waals surface area contributed by atoms with Crippen molar-refractivity contribution >= 4 is 30.5 Å².